The van der Waals surface area contributed by atoms with Crippen LogP contribution in [0.5, 0.6) is 0 Å². The summed E-state index contributed by atoms with van der Waals surface area (Å²) in [6.45, 7) is -0.0378. The van der Waals surface area contributed by atoms with Crippen LogP contribution in [0.15, 0.2) is 30.3 Å². The summed E-state index contributed by atoms with van der Waals surface area (Å²) in [5, 5.41) is 5.68. The van der Waals surface area contributed by atoms with Crippen LogP contribution in [0, 0.1) is 0 Å². The molecule has 2 fully saturated rings. The highest BCUT2D eigenvalue weighted by Crippen LogP contribution is 2.23. The third-order valence-corrected chi connectivity index (χ3v) is 5.87. The lowest BCUT2D eigenvalue weighted by molar-refractivity contribution is -0.128. The molecule has 0 radical (unpaired) electrons. The highest BCUT2D eigenvalue weighted by atomic mass is 32.2. The number of nitrogens with one attached hydrogen (secondary N) is 2. The van der Waals surface area contributed by atoms with Crippen LogP contribution in [0.3, 0.4) is 0 Å². The molecule has 3 amide bonds. The van der Waals surface area contributed by atoms with Crippen molar-refractivity contribution in [1.29, 1.82) is 0 Å². The molecule has 26 heavy (non-hydrogen) atoms. The SMILES string of the molecule is O=C(CNC(=O)[C@@H]1CSCN1C(=O)c1ccccc1)NC1CCCCC1. The van der Waals surface area contributed by atoms with E-state index >= 15 is 0 Å². The average molecular weight is 375 g/mol. The molecular weight excluding hydrogens is 350 g/mol. The Morgan fingerprint density at radius 1 is 1.08 bits per heavy atom. The standard InChI is InChI=1S/C19H25N3O3S/c23-17(21-15-9-5-2-6-10-15)11-20-18(24)16-12-26-13-22(16)19(25)14-7-3-1-4-8-14/h1,3-4,7-8,15-16H,2,5-6,9-13H2,(H,20,24)(H,21,23)/t16-/m0/s1. The molecule has 1 aliphatic heterocycles. The van der Waals surface area contributed by atoms with E-state index < -0.39 is 6.04 Å². The van der Waals surface area contributed by atoms with Gasteiger partial charge in [0.15, 0.2) is 0 Å². The molecule has 1 aromatic carbocycles. The predicted octanol–water partition coefficient (Wildman–Crippen LogP) is 1.77. The van der Waals surface area contributed by atoms with Gasteiger partial charge in [0.1, 0.15) is 6.04 Å². The van der Waals surface area contributed by atoms with Crippen molar-refractivity contribution in [3.8, 4) is 0 Å². The average Bonchev–Trinajstić information content (AvgIpc) is 3.17. The first-order valence-electron chi connectivity index (χ1n) is 9.16. The minimum absolute atomic E-state index is 0.0378. The summed E-state index contributed by atoms with van der Waals surface area (Å²) in [5.74, 6) is 0.465. The molecule has 0 unspecified atom stereocenters. The number of nitrogens with zero attached hydrogens (tertiary/aromatic N) is 1. The fourth-order valence-electron chi connectivity index (χ4n) is 3.42. The number of rotatable bonds is 5. The summed E-state index contributed by atoms with van der Waals surface area (Å²) >= 11 is 1.55. The molecule has 140 valence electrons. The molecule has 1 aliphatic carbocycles. The Morgan fingerprint density at radius 2 is 1.81 bits per heavy atom. The van der Waals surface area contributed by atoms with Crippen molar-refractivity contribution in [2.24, 2.45) is 0 Å². The predicted molar refractivity (Wildman–Crippen MR) is 102 cm³/mol. The summed E-state index contributed by atoms with van der Waals surface area (Å²) < 4.78 is 0. The second kappa shape index (κ2) is 9.07. The molecule has 3 rings (SSSR count). The van der Waals surface area contributed by atoms with Crippen molar-refractivity contribution >= 4 is 29.5 Å². The topological polar surface area (TPSA) is 78.5 Å². The Morgan fingerprint density at radius 3 is 2.54 bits per heavy atom. The molecule has 0 bridgehead atoms. The van der Waals surface area contributed by atoms with Crippen LogP contribution in [0.1, 0.15) is 42.5 Å². The second-order valence-corrected chi connectivity index (χ2v) is 7.78. The van der Waals surface area contributed by atoms with Crippen molar-refractivity contribution in [2.45, 2.75) is 44.2 Å². The molecule has 1 heterocycles. The van der Waals surface area contributed by atoms with Crippen molar-refractivity contribution in [1.82, 2.24) is 15.5 Å². The van der Waals surface area contributed by atoms with Gasteiger partial charge in [-0.25, -0.2) is 0 Å². The fraction of sp³-hybridized carbons (Fsp3) is 0.526. The van der Waals surface area contributed by atoms with E-state index in [4.69, 9.17) is 0 Å². The van der Waals surface area contributed by atoms with Crippen LogP contribution < -0.4 is 10.6 Å². The van der Waals surface area contributed by atoms with E-state index in [1.54, 1.807) is 40.9 Å². The van der Waals surface area contributed by atoms with E-state index in [-0.39, 0.29) is 30.3 Å². The number of hydrogen-bond donors (Lipinski definition) is 2. The van der Waals surface area contributed by atoms with E-state index in [0.29, 0.717) is 17.2 Å². The van der Waals surface area contributed by atoms with Crippen LogP contribution in [0.2, 0.25) is 0 Å². The van der Waals surface area contributed by atoms with E-state index in [1.807, 2.05) is 6.07 Å². The monoisotopic (exact) mass is 375 g/mol. The van der Waals surface area contributed by atoms with Crippen LogP contribution in [-0.4, -0.2) is 52.9 Å². The first-order valence-corrected chi connectivity index (χ1v) is 10.3. The smallest absolute Gasteiger partial charge is 0.255 e. The Labute approximate surface area is 158 Å². The molecule has 0 spiro atoms. The van der Waals surface area contributed by atoms with E-state index in [0.717, 1.165) is 25.7 Å². The van der Waals surface area contributed by atoms with Gasteiger partial charge in [0.25, 0.3) is 5.91 Å². The molecular formula is C19H25N3O3S. The van der Waals surface area contributed by atoms with Crippen LogP contribution in [0.25, 0.3) is 0 Å². The minimum Gasteiger partial charge on any atom is -0.352 e. The first kappa shape index (κ1) is 18.8. The number of carbonyl (C=O) groups is 3. The summed E-state index contributed by atoms with van der Waals surface area (Å²) in [6.07, 6.45) is 5.55. The molecule has 6 nitrogen and oxygen atoms in total. The molecule has 1 saturated heterocycles. The summed E-state index contributed by atoms with van der Waals surface area (Å²) in [5.41, 5.74) is 0.572. The zero-order valence-electron chi connectivity index (χ0n) is 14.8. The molecule has 2 N–H and O–H groups in total. The molecule has 1 atom stereocenters. The maximum Gasteiger partial charge on any atom is 0.255 e. The van der Waals surface area contributed by atoms with Gasteiger partial charge in [-0.15, -0.1) is 11.8 Å². The lowest BCUT2D eigenvalue weighted by Gasteiger charge is -2.24. The minimum atomic E-state index is -0.532. The van der Waals surface area contributed by atoms with Crippen LogP contribution in [0.4, 0.5) is 0 Å². The molecule has 0 aromatic heterocycles. The Kier molecular flexibility index (Phi) is 6.55. The lowest BCUT2D eigenvalue weighted by atomic mass is 9.95. The van der Waals surface area contributed by atoms with E-state index in [9.17, 15) is 14.4 Å². The van der Waals surface area contributed by atoms with Gasteiger partial charge in [0, 0.05) is 17.4 Å². The number of benzene rings is 1. The number of amides is 3. The zero-order valence-corrected chi connectivity index (χ0v) is 15.6. The van der Waals surface area contributed by atoms with Gasteiger partial charge in [0.2, 0.25) is 11.8 Å². The quantitative estimate of drug-likeness (QED) is 0.822. The Hall–Kier alpha value is -2.02. The summed E-state index contributed by atoms with van der Waals surface area (Å²) in [4.78, 5) is 38.7. The number of thioether (sulfide) groups is 1. The van der Waals surface area contributed by atoms with Gasteiger partial charge in [-0.1, -0.05) is 37.5 Å². The third kappa shape index (κ3) is 4.78. The maximum atomic E-state index is 12.6. The number of hydrogen-bond acceptors (Lipinski definition) is 4. The van der Waals surface area contributed by atoms with E-state index in [1.165, 1.54) is 6.42 Å². The van der Waals surface area contributed by atoms with Gasteiger partial charge in [0.05, 0.1) is 12.4 Å². The maximum absolute atomic E-state index is 12.6. The van der Waals surface area contributed by atoms with Gasteiger partial charge < -0.3 is 15.5 Å². The summed E-state index contributed by atoms with van der Waals surface area (Å²) in [6, 6.07) is 8.66. The molecule has 7 heteroatoms. The Bertz CT molecular complexity index is 647. The van der Waals surface area contributed by atoms with Crippen molar-refractivity contribution in [2.75, 3.05) is 18.2 Å². The zero-order chi connectivity index (χ0) is 18.4. The molecule has 1 aromatic rings. The molecule has 1 saturated carbocycles. The number of carbonyl (C=O) groups excluding carboxylic acids is 3. The normalized spacial score (nSPS) is 20.6. The summed E-state index contributed by atoms with van der Waals surface area (Å²) in [7, 11) is 0. The first-order chi connectivity index (χ1) is 12.6. The molecule has 2 aliphatic rings. The van der Waals surface area contributed by atoms with Crippen LogP contribution in [-0.2, 0) is 9.59 Å². The van der Waals surface area contributed by atoms with Crippen molar-refractivity contribution < 1.29 is 14.4 Å². The van der Waals surface area contributed by atoms with Gasteiger partial charge in [-0.05, 0) is 25.0 Å². The third-order valence-electron chi connectivity index (χ3n) is 4.86. The fourth-order valence-corrected chi connectivity index (χ4v) is 4.57. The van der Waals surface area contributed by atoms with Crippen molar-refractivity contribution in [3.63, 3.8) is 0 Å². The van der Waals surface area contributed by atoms with Crippen LogP contribution >= 0.6 is 11.8 Å². The lowest BCUT2D eigenvalue weighted by Crippen LogP contribution is -2.50. The highest BCUT2D eigenvalue weighted by molar-refractivity contribution is 7.99. The van der Waals surface area contributed by atoms with Gasteiger partial charge >= 0.3 is 0 Å². The van der Waals surface area contributed by atoms with Crippen molar-refractivity contribution in [3.05, 3.63) is 35.9 Å². The van der Waals surface area contributed by atoms with E-state index in [2.05, 4.69) is 10.6 Å². The highest BCUT2D eigenvalue weighted by Gasteiger charge is 2.35. The van der Waals surface area contributed by atoms with Gasteiger partial charge in [-0.3, -0.25) is 14.4 Å². The largest absolute Gasteiger partial charge is 0.352 e. The Balaban J connectivity index is 1.50. The van der Waals surface area contributed by atoms with Gasteiger partial charge in [-0.2, -0.15) is 0 Å². The second-order valence-electron chi connectivity index (χ2n) is 6.78.